The highest BCUT2D eigenvalue weighted by molar-refractivity contribution is 6.32. The lowest BCUT2D eigenvalue weighted by atomic mass is 9.89. The van der Waals surface area contributed by atoms with Crippen LogP contribution in [0.25, 0.3) is 0 Å². The Morgan fingerprint density at radius 1 is 1.28 bits per heavy atom. The second-order valence-corrected chi connectivity index (χ2v) is 6.26. The Hall–Kier alpha value is -0.730. The average molecular weight is 266 g/mol. The first-order valence-electron chi connectivity index (χ1n) is 6.90. The molecule has 2 nitrogen and oxygen atoms in total. The van der Waals surface area contributed by atoms with Crippen molar-refractivity contribution in [1.82, 2.24) is 5.32 Å². The maximum Gasteiger partial charge on any atom is 0.134 e. The van der Waals surface area contributed by atoms with Crippen LogP contribution >= 0.6 is 11.6 Å². The minimum absolute atomic E-state index is 0.161. The third kappa shape index (κ3) is 2.50. The van der Waals surface area contributed by atoms with Gasteiger partial charge in [0.25, 0.3) is 0 Å². The highest BCUT2D eigenvalue weighted by Crippen LogP contribution is 2.47. The van der Waals surface area contributed by atoms with Crippen LogP contribution in [0.15, 0.2) is 18.2 Å². The van der Waals surface area contributed by atoms with Crippen molar-refractivity contribution in [3.05, 3.63) is 28.8 Å². The number of rotatable bonds is 4. The minimum atomic E-state index is 0.161. The normalized spacial score (nSPS) is 29.9. The molecular formula is C15H20ClNO. The van der Waals surface area contributed by atoms with Gasteiger partial charge in [-0.3, -0.25) is 0 Å². The monoisotopic (exact) mass is 265 g/mol. The zero-order valence-corrected chi connectivity index (χ0v) is 11.3. The van der Waals surface area contributed by atoms with E-state index in [1.165, 1.54) is 25.7 Å². The molecule has 0 aliphatic heterocycles. The van der Waals surface area contributed by atoms with Gasteiger partial charge in [0.2, 0.25) is 0 Å². The van der Waals surface area contributed by atoms with E-state index in [-0.39, 0.29) is 5.75 Å². The van der Waals surface area contributed by atoms with Crippen LogP contribution in [0.2, 0.25) is 5.02 Å². The molecule has 2 saturated carbocycles. The van der Waals surface area contributed by atoms with Crippen LogP contribution in [0.1, 0.15) is 31.2 Å². The first-order valence-corrected chi connectivity index (χ1v) is 7.28. The van der Waals surface area contributed by atoms with E-state index in [4.69, 9.17) is 11.6 Å². The number of hydrogen-bond acceptors (Lipinski definition) is 2. The SMILES string of the molecule is Oc1ccc(CNCC2CC3CCC2C3)cc1Cl. The molecular weight excluding hydrogens is 246 g/mol. The molecule has 0 saturated heterocycles. The van der Waals surface area contributed by atoms with Crippen molar-refractivity contribution in [3.63, 3.8) is 0 Å². The van der Waals surface area contributed by atoms with Gasteiger partial charge in [-0.1, -0.05) is 24.1 Å². The van der Waals surface area contributed by atoms with Crippen LogP contribution in [0, 0.1) is 17.8 Å². The Kier molecular flexibility index (Phi) is 3.49. The third-order valence-corrected chi connectivity index (χ3v) is 4.94. The predicted octanol–water partition coefficient (Wildman–Crippen LogP) is 3.57. The van der Waals surface area contributed by atoms with Crippen molar-refractivity contribution >= 4 is 11.6 Å². The molecule has 0 heterocycles. The van der Waals surface area contributed by atoms with Gasteiger partial charge in [0, 0.05) is 6.54 Å². The number of fused-ring (bicyclic) bond motifs is 2. The van der Waals surface area contributed by atoms with Crippen molar-refractivity contribution < 1.29 is 5.11 Å². The summed E-state index contributed by atoms with van der Waals surface area (Å²) >= 11 is 5.89. The minimum Gasteiger partial charge on any atom is -0.506 e. The van der Waals surface area contributed by atoms with Gasteiger partial charge in [-0.05, 0) is 61.3 Å². The first kappa shape index (κ1) is 12.3. The van der Waals surface area contributed by atoms with Gasteiger partial charge in [0.15, 0.2) is 0 Å². The lowest BCUT2D eigenvalue weighted by Gasteiger charge is -2.21. The number of phenols is 1. The van der Waals surface area contributed by atoms with Gasteiger partial charge in [-0.2, -0.15) is 0 Å². The number of benzene rings is 1. The van der Waals surface area contributed by atoms with Gasteiger partial charge in [0.05, 0.1) is 5.02 Å². The van der Waals surface area contributed by atoms with Gasteiger partial charge < -0.3 is 10.4 Å². The van der Waals surface area contributed by atoms with E-state index in [1.54, 1.807) is 6.07 Å². The van der Waals surface area contributed by atoms with Crippen LogP contribution < -0.4 is 5.32 Å². The Bertz CT molecular complexity index is 435. The van der Waals surface area contributed by atoms with E-state index in [0.29, 0.717) is 5.02 Å². The Balaban J connectivity index is 1.48. The molecule has 18 heavy (non-hydrogen) atoms. The number of nitrogens with one attached hydrogen (secondary N) is 1. The van der Waals surface area contributed by atoms with Crippen LogP contribution in [-0.2, 0) is 6.54 Å². The van der Waals surface area contributed by atoms with Gasteiger partial charge in [0.1, 0.15) is 5.75 Å². The topological polar surface area (TPSA) is 32.3 Å². The van der Waals surface area contributed by atoms with E-state index in [1.807, 2.05) is 12.1 Å². The van der Waals surface area contributed by atoms with E-state index < -0.39 is 0 Å². The Labute approximate surface area is 113 Å². The molecule has 0 amide bonds. The Morgan fingerprint density at radius 3 is 2.83 bits per heavy atom. The fourth-order valence-corrected chi connectivity index (χ4v) is 3.89. The molecule has 2 aliphatic rings. The second-order valence-electron chi connectivity index (χ2n) is 5.85. The number of hydrogen-bond donors (Lipinski definition) is 2. The third-order valence-electron chi connectivity index (χ3n) is 4.63. The molecule has 1 aromatic carbocycles. The fraction of sp³-hybridized carbons (Fsp3) is 0.600. The summed E-state index contributed by atoms with van der Waals surface area (Å²) < 4.78 is 0. The molecule has 3 atom stereocenters. The van der Waals surface area contributed by atoms with Crippen molar-refractivity contribution in [3.8, 4) is 5.75 Å². The van der Waals surface area contributed by atoms with E-state index in [2.05, 4.69) is 5.32 Å². The number of phenolic OH excluding ortho intramolecular Hbond substituents is 1. The zero-order valence-electron chi connectivity index (χ0n) is 10.5. The molecule has 0 radical (unpaired) electrons. The summed E-state index contributed by atoms with van der Waals surface area (Å²) in [5.74, 6) is 3.04. The first-order chi connectivity index (χ1) is 8.72. The molecule has 3 unspecified atom stereocenters. The quantitative estimate of drug-likeness (QED) is 0.872. The van der Waals surface area contributed by atoms with Crippen LogP contribution in [0.5, 0.6) is 5.75 Å². The lowest BCUT2D eigenvalue weighted by molar-refractivity contribution is 0.318. The molecule has 3 heteroatoms. The van der Waals surface area contributed by atoms with E-state index >= 15 is 0 Å². The van der Waals surface area contributed by atoms with Gasteiger partial charge in [-0.15, -0.1) is 0 Å². The summed E-state index contributed by atoms with van der Waals surface area (Å²) in [6, 6.07) is 5.43. The lowest BCUT2D eigenvalue weighted by Crippen LogP contribution is -2.26. The molecule has 2 fully saturated rings. The van der Waals surface area contributed by atoms with Crippen LogP contribution in [-0.4, -0.2) is 11.7 Å². The largest absolute Gasteiger partial charge is 0.506 e. The predicted molar refractivity (Wildman–Crippen MR) is 73.8 cm³/mol. The molecule has 98 valence electrons. The van der Waals surface area contributed by atoms with Crippen molar-refractivity contribution in [2.24, 2.45) is 17.8 Å². The molecule has 0 spiro atoms. The van der Waals surface area contributed by atoms with Crippen LogP contribution in [0.3, 0.4) is 0 Å². The van der Waals surface area contributed by atoms with Gasteiger partial charge >= 0.3 is 0 Å². The van der Waals surface area contributed by atoms with E-state index in [0.717, 1.165) is 36.4 Å². The van der Waals surface area contributed by atoms with E-state index in [9.17, 15) is 5.11 Å². The summed E-state index contributed by atoms with van der Waals surface area (Å²) in [6.07, 6.45) is 5.81. The molecule has 1 aromatic rings. The fourth-order valence-electron chi connectivity index (χ4n) is 3.69. The maximum atomic E-state index is 9.36. The molecule has 2 aliphatic carbocycles. The van der Waals surface area contributed by atoms with Crippen molar-refractivity contribution in [2.45, 2.75) is 32.2 Å². The van der Waals surface area contributed by atoms with Crippen molar-refractivity contribution in [2.75, 3.05) is 6.54 Å². The molecule has 3 rings (SSSR count). The molecule has 2 N–H and O–H groups in total. The summed E-state index contributed by atoms with van der Waals surface area (Å²) in [6.45, 7) is 1.97. The smallest absolute Gasteiger partial charge is 0.134 e. The molecule has 0 aromatic heterocycles. The number of halogens is 1. The molecule has 2 bridgehead atoms. The highest BCUT2D eigenvalue weighted by Gasteiger charge is 2.38. The summed E-state index contributed by atoms with van der Waals surface area (Å²) in [4.78, 5) is 0. The second kappa shape index (κ2) is 5.10. The highest BCUT2D eigenvalue weighted by atomic mass is 35.5. The maximum absolute atomic E-state index is 9.36. The number of aromatic hydroxyl groups is 1. The summed E-state index contributed by atoms with van der Waals surface area (Å²) in [5, 5.41) is 13.3. The van der Waals surface area contributed by atoms with Gasteiger partial charge in [-0.25, -0.2) is 0 Å². The average Bonchev–Trinajstić information content (AvgIpc) is 2.96. The zero-order chi connectivity index (χ0) is 12.5. The Morgan fingerprint density at radius 2 is 2.17 bits per heavy atom. The summed E-state index contributed by atoms with van der Waals surface area (Å²) in [7, 11) is 0. The van der Waals surface area contributed by atoms with Crippen LogP contribution in [0.4, 0.5) is 0 Å². The summed E-state index contributed by atoms with van der Waals surface area (Å²) in [5.41, 5.74) is 1.14. The van der Waals surface area contributed by atoms with Crippen molar-refractivity contribution in [1.29, 1.82) is 0 Å². The standard InChI is InChI=1S/C15H20ClNO/c16-14-7-11(2-4-15(14)18)8-17-9-13-6-10-1-3-12(13)5-10/h2,4,7,10,12-13,17-18H,1,3,5-6,8-9H2.